The molecule has 0 aromatic heterocycles. The minimum absolute atomic E-state index is 0.116. The Morgan fingerprint density at radius 3 is 3.05 bits per heavy atom. The number of carbonyl (C=O) groups excluding carboxylic acids is 1. The maximum Gasteiger partial charge on any atom is 0.333 e. The molecule has 2 atom stereocenters. The molecule has 114 valence electrons. The molecule has 1 N–H and O–H groups in total. The van der Waals surface area contributed by atoms with Crippen LogP contribution in [0.3, 0.4) is 0 Å². The average Bonchev–Trinajstić information content (AvgIpc) is 3.06. The highest BCUT2D eigenvalue weighted by Gasteiger charge is 2.55. The third-order valence-electron chi connectivity index (χ3n) is 4.60. The highest BCUT2D eigenvalue weighted by Crippen LogP contribution is 2.40. The largest absolute Gasteiger partial charge is 0.464 e. The van der Waals surface area contributed by atoms with Crippen LogP contribution in [0.5, 0.6) is 0 Å². The Balaban J connectivity index is 1.93. The quantitative estimate of drug-likeness (QED) is 0.845. The Hall–Kier alpha value is -1.07. The topological polar surface area (TPSA) is 41.6 Å². The average molecular weight is 353 g/mol. The van der Waals surface area contributed by atoms with Crippen LogP contribution in [0, 0.1) is 0 Å². The number of benzene rings is 1. The number of ether oxygens (including phenoxy) is 1. The Labute approximate surface area is 134 Å². The summed E-state index contributed by atoms with van der Waals surface area (Å²) in [5, 5.41) is 3.52. The normalized spacial score (nSPS) is 28.4. The van der Waals surface area contributed by atoms with Gasteiger partial charge in [-0.2, -0.15) is 0 Å². The number of hydrogen-bond acceptors (Lipinski definition) is 4. The molecular formula is C16H21BrN2O2. The third kappa shape index (κ3) is 2.57. The molecule has 0 amide bonds. The monoisotopic (exact) mass is 352 g/mol. The van der Waals surface area contributed by atoms with Gasteiger partial charge in [0.05, 0.1) is 6.61 Å². The zero-order valence-electron chi connectivity index (χ0n) is 12.3. The number of halogens is 1. The van der Waals surface area contributed by atoms with Gasteiger partial charge in [-0.3, -0.25) is 4.90 Å². The lowest BCUT2D eigenvalue weighted by Crippen LogP contribution is -2.55. The van der Waals surface area contributed by atoms with Crippen LogP contribution < -0.4 is 5.32 Å². The molecule has 2 unspecified atom stereocenters. The zero-order valence-corrected chi connectivity index (χ0v) is 13.9. The van der Waals surface area contributed by atoms with Crippen molar-refractivity contribution in [3.8, 4) is 0 Å². The number of fused-ring (bicyclic) bond motifs is 1. The second-order valence-corrected chi connectivity index (χ2v) is 6.60. The minimum Gasteiger partial charge on any atom is -0.464 e. The second-order valence-electron chi connectivity index (χ2n) is 5.74. The van der Waals surface area contributed by atoms with Crippen LogP contribution >= 0.6 is 15.9 Å². The van der Waals surface area contributed by atoms with E-state index in [0.29, 0.717) is 6.61 Å². The molecule has 2 fully saturated rings. The maximum atomic E-state index is 12.7. The number of nitrogens with one attached hydrogen (secondary N) is 1. The van der Waals surface area contributed by atoms with Gasteiger partial charge >= 0.3 is 5.97 Å². The van der Waals surface area contributed by atoms with E-state index in [2.05, 4.69) is 26.1 Å². The van der Waals surface area contributed by atoms with Crippen LogP contribution in [-0.2, 0) is 9.53 Å². The van der Waals surface area contributed by atoms with Gasteiger partial charge in [-0.25, -0.2) is 4.79 Å². The molecule has 0 radical (unpaired) electrons. The molecular weight excluding hydrogens is 332 g/mol. The fraction of sp³-hybridized carbons (Fsp3) is 0.562. The van der Waals surface area contributed by atoms with Crippen LogP contribution in [0.4, 0.5) is 5.69 Å². The van der Waals surface area contributed by atoms with Gasteiger partial charge in [0.25, 0.3) is 0 Å². The highest BCUT2D eigenvalue weighted by molar-refractivity contribution is 9.10. The predicted molar refractivity (Wildman–Crippen MR) is 86.3 cm³/mol. The third-order valence-corrected chi connectivity index (χ3v) is 5.29. The fourth-order valence-electron chi connectivity index (χ4n) is 3.64. The van der Waals surface area contributed by atoms with E-state index in [-0.39, 0.29) is 12.0 Å². The van der Waals surface area contributed by atoms with Crippen molar-refractivity contribution in [3.63, 3.8) is 0 Å². The van der Waals surface area contributed by atoms with Crippen molar-refractivity contribution in [2.24, 2.45) is 0 Å². The molecule has 21 heavy (non-hydrogen) atoms. The van der Waals surface area contributed by atoms with E-state index in [1.165, 1.54) is 0 Å². The van der Waals surface area contributed by atoms with Crippen LogP contribution in [0.15, 0.2) is 28.7 Å². The van der Waals surface area contributed by atoms with E-state index in [1.807, 2.05) is 31.2 Å². The van der Waals surface area contributed by atoms with E-state index >= 15 is 0 Å². The van der Waals surface area contributed by atoms with E-state index in [0.717, 1.165) is 42.5 Å². The predicted octanol–water partition coefficient (Wildman–Crippen LogP) is 3.03. The van der Waals surface area contributed by atoms with Gasteiger partial charge in [0.2, 0.25) is 0 Å². The summed E-state index contributed by atoms with van der Waals surface area (Å²) in [6.07, 6.45) is 3.01. The Morgan fingerprint density at radius 1 is 1.48 bits per heavy atom. The van der Waals surface area contributed by atoms with Gasteiger partial charge < -0.3 is 10.1 Å². The molecule has 1 aromatic rings. The van der Waals surface area contributed by atoms with E-state index in [4.69, 9.17) is 4.74 Å². The number of nitrogens with zero attached hydrogens (tertiary/aromatic N) is 1. The Kier molecular flexibility index (Phi) is 4.22. The van der Waals surface area contributed by atoms with E-state index < -0.39 is 5.54 Å². The van der Waals surface area contributed by atoms with Gasteiger partial charge in [-0.1, -0.05) is 12.1 Å². The first-order valence-corrected chi connectivity index (χ1v) is 8.40. The number of hydrogen-bond donors (Lipinski definition) is 1. The van der Waals surface area contributed by atoms with Gasteiger partial charge in [-0.05, 0) is 60.8 Å². The Morgan fingerprint density at radius 2 is 2.29 bits per heavy atom. The molecule has 2 aliphatic heterocycles. The lowest BCUT2D eigenvalue weighted by atomic mass is 9.88. The molecule has 5 heteroatoms. The molecule has 0 bridgehead atoms. The maximum absolute atomic E-state index is 12.7. The lowest BCUT2D eigenvalue weighted by molar-refractivity contribution is -0.149. The SMILES string of the molecule is CCOC(=O)C1(Nc2ccccc2Br)CCN2CCCC21. The van der Waals surface area contributed by atoms with Crippen molar-refractivity contribution in [1.29, 1.82) is 0 Å². The lowest BCUT2D eigenvalue weighted by Gasteiger charge is -2.35. The summed E-state index contributed by atoms with van der Waals surface area (Å²) >= 11 is 3.56. The summed E-state index contributed by atoms with van der Waals surface area (Å²) in [5.74, 6) is -0.116. The van der Waals surface area contributed by atoms with E-state index in [1.54, 1.807) is 0 Å². The standard InChI is InChI=1S/C16H21BrN2O2/c1-2-21-15(20)16(9-11-19-10-5-8-14(16)19)18-13-7-4-3-6-12(13)17/h3-4,6-7,14,18H,2,5,8-11H2,1H3. The first kappa shape index (κ1) is 14.9. The summed E-state index contributed by atoms with van der Waals surface area (Å²) in [6.45, 7) is 4.33. The molecule has 2 heterocycles. The van der Waals surface area contributed by atoms with Gasteiger partial charge in [0.1, 0.15) is 0 Å². The number of rotatable bonds is 4. The molecule has 2 aliphatic rings. The number of para-hydroxylation sites is 1. The molecule has 0 spiro atoms. The first-order valence-electron chi connectivity index (χ1n) is 7.61. The Bertz CT molecular complexity index is 537. The van der Waals surface area contributed by atoms with Crippen molar-refractivity contribution in [2.45, 2.75) is 37.8 Å². The highest BCUT2D eigenvalue weighted by atomic mass is 79.9. The first-order chi connectivity index (χ1) is 10.2. The van der Waals surface area contributed by atoms with Crippen molar-refractivity contribution in [1.82, 2.24) is 4.90 Å². The van der Waals surface area contributed by atoms with Crippen molar-refractivity contribution < 1.29 is 9.53 Å². The summed E-state index contributed by atoms with van der Waals surface area (Å²) in [6, 6.07) is 8.19. The van der Waals surface area contributed by atoms with Crippen molar-refractivity contribution >= 4 is 27.6 Å². The van der Waals surface area contributed by atoms with Crippen LogP contribution in [0.2, 0.25) is 0 Å². The number of carbonyl (C=O) groups is 1. The minimum atomic E-state index is -0.615. The van der Waals surface area contributed by atoms with E-state index in [9.17, 15) is 4.79 Å². The molecule has 1 aromatic carbocycles. The fourth-order valence-corrected chi connectivity index (χ4v) is 4.02. The summed E-state index contributed by atoms with van der Waals surface area (Å²) < 4.78 is 6.38. The number of esters is 1. The van der Waals surface area contributed by atoms with Gasteiger partial charge in [-0.15, -0.1) is 0 Å². The molecule has 2 saturated heterocycles. The summed E-state index contributed by atoms with van der Waals surface area (Å²) in [4.78, 5) is 15.1. The second kappa shape index (κ2) is 5.97. The van der Waals surface area contributed by atoms with Gasteiger partial charge in [0, 0.05) is 22.7 Å². The summed E-state index contributed by atoms with van der Waals surface area (Å²) in [5.41, 5.74) is 0.343. The summed E-state index contributed by atoms with van der Waals surface area (Å²) in [7, 11) is 0. The molecule has 0 aliphatic carbocycles. The molecule has 0 saturated carbocycles. The van der Waals surface area contributed by atoms with Crippen molar-refractivity contribution in [3.05, 3.63) is 28.7 Å². The van der Waals surface area contributed by atoms with Crippen LogP contribution in [-0.4, -0.2) is 42.1 Å². The number of anilines is 1. The van der Waals surface area contributed by atoms with Crippen molar-refractivity contribution in [2.75, 3.05) is 25.0 Å². The molecule has 4 nitrogen and oxygen atoms in total. The van der Waals surface area contributed by atoms with Crippen LogP contribution in [0.25, 0.3) is 0 Å². The zero-order chi connectivity index (χ0) is 14.9. The smallest absolute Gasteiger partial charge is 0.333 e. The van der Waals surface area contributed by atoms with Crippen LogP contribution in [0.1, 0.15) is 26.2 Å². The molecule has 3 rings (SSSR count). The van der Waals surface area contributed by atoms with Gasteiger partial charge in [0.15, 0.2) is 5.54 Å².